The molecule has 2 rings (SSSR count). The maximum absolute atomic E-state index is 12.4. The highest BCUT2D eigenvalue weighted by molar-refractivity contribution is 8.24. The Morgan fingerprint density at radius 3 is 2.40 bits per heavy atom. The lowest BCUT2D eigenvalue weighted by Crippen LogP contribution is -2.34. The van der Waals surface area contributed by atoms with Gasteiger partial charge in [-0.25, -0.2) is 0 Å². The number of amides is 1. The van der Waals surface area contributed by atoms with Crippen LogP contribution in [0.4, 0.5) is 0 Å². The Morgan fingerprint density at radius 2 is 1.85 bits per heavy atom. The van der Waals surface area contributed by atoms with Gasteiger partial charge < -0.3 is 0 Å². The average molecular weight is 307 g/mol. The van der Waals surface area contributed by atoms with Crippen molar-refractivity contribution in [2.75, 3.05) is 6.54 Å². The third kappa shape index (κ3) is 3.61. The fourth-order valence-electron chi connectivity index (χ4n) is 2.28. The molecule has 4 heteroatoms. The molecule has 0 aromatic heterocycles. The summed E-state index contributed by atoms with van der Waals surface area (Å²) in [6.07, 6.45) is 1.81. The van der Waals surface area contributed by atoms with Crippen molar-refractivity contribution in [2.45, 2.75) is 38.9 Å². The molecule has 2 nitrogen and oxygen atoms in total. The monoisotopic (exact) mass is 307 g/mol. The van der Waals surface area contributed by atoms with E-state index in [0.717, 1.165) is 23.7 Å². The lowest BCUT2D eigenvalue weighted by atomic mass is 10.1. The molecule has 1 heterocycles. The number of benzene rings is 1. The molecule has 0 N–H and O–H groups in total. The van der Waals surface area contributed by atoms with E-state index in [-0.39, 0.29) is 11.2 Å². The summed E-state index contributed by atoms with van der Waals surface area (Å²) in [5, 5.41) is -0.0475. The van der Waals surface area contributed by atoms with E-state index in [0.29, 0.717) is 5.92 Å². The lowest BCUT2D eigenvalue weighted by molar-refractivity contribution is -0.126. The fraction of sp³-hybridized carbons (Fsp3) is 0.500. The minimum absolute atomic E-state index is 0.0475. The average Bonchev–Trinajstić information content (AvgIpc) is 2.67. The van der Waals surface area contributed by atoms with E-state index in [9.17, 15) is 4.79 Å². The summed E-state index contributed by atoms with van der Waals surface area (Å²) in [5.41, 5.74) is 2.54. The molecule has 0 unspecified atom stereocenters. The van der Waals surface area contributed by atoms with Crippen molar-refractivity contribution < 1.29 is 4.79 Å². The standard InChI is InChI=1S/C16H21NOS2/c1-4-12-5-7-13(8-6-12)9-14-15(18)17(10-11(2)3)16(19)20-14/h5-8,11,14H,4,9-10H2,1-3H3/t14-/m1/s1. The van der Waals surface area contributed by atoms with E-state index >= 15 is 0 Å². The maximum Gasteiger partial charge on any atom is 0.241 e. The molecular formula is C16H21NOS2. The van der Waals surface area contributed by atoms with E-state index in [1.165, 1.54) is 22.9 Å². The quantitative estimate of drug-likeness (QED) is 0.774. The zero-order chi connectivity index (χ0) is 14.7. The number of rotatable bonds is 5. The van der Waals surface area contributed by atoms with Gasteiger partial charge in [0.1, 0.15) is 4.32 Å². The Hall–Kier alpha value is -0.870. The number of hydrogen-bond donors (Lipinski definition) is 0. The second-order valence-corrected chi connectivity index (χ2v) is 7.43. The molecule has 20 heavy (non-hydrogen) atoms. The van der Waals surface area contributed by atoms with Gasteiger partial charge in [-0.05, 0) is 29.9 Å². The molecule has 0 saturated carbocycles. The van der Waals surface area contributed by atoms with Crippen LogP contribution >= 0.6 is 24.0 Å². The summed E-state index contributed by atoms with van der Waals surface area (Å²) in [6, 6.07) is 8.54. The molecule has 1 aliphatic heterocycles. The number of nitrogens with zero attached hydrogens (tertiary/aromatic N) is 1. The van der Waals surface area contributed by atoms with Crippen molar-refractivity contribution in [1.29, 1.82) is 0 Å². The van der Waals surface area contributed by atoms with Crippen LogP contribution in [0.2, 0.25) is 0 Å². The van der Waals surface area contributed by atoms with Gasteiger partial charge in [-0.15, -0.1) is 0 Å². The van der Waals surface area contributed by atoms with Crippen molar-refractivity contribution in [3.05, 3.63) is 35.4 Å². The molecule has 1 atom stereocenters. The molecule has 1 fully saturated rings. The van der Waals surface area contributed by atoms with E-state index in [1.807, 2.05) is 0 Å². The SMILES string of the molecule is CCc1ccc(C[C@H]2SC(=S)N(CC(C)C)C2=O)cc1. The highest BCUT2D eigenvalue weighted by Crippen LogP contribution is 2.30. The smallest absolute Gasteiger partial charge is 0.241 e. The van der Waals surface area contributed by atoms with Crippen molar-refractivity contribution in [1.82, 2.24) is 4.90 Å². The number of hydrogen-bond acceptors (Lipinski definition) is 3. The molecule has 0 radical (unpaired) electrons. The first kappa shape index (κ1) is 15.5. The van der Waals surface area contributed by atoms with Gasteiger partial charge in [0.05, 0.1) is 5.25 Å². The Balaban J connectivity index is 2.03. The molecular weight excluding hydrogens is 286 g/mol. The second kappa shape index (κ2) is 6.72. The van der Waals surface area contributed by atoms with Crippen molar-refractivity contribution >= 4 is 34.2 Å². The van der Waals surface area contributed by atoms with Gasteiger partial charge >= 0.3 is 0 Å². The number of carbonyl (C=O) groups excluding carboxylic acids is 1. The molecule has 0 aliphatic carbocycles. The Bertz CT molecular complexity index is 496. The van der Waals surface area contributed by atoms with E-state index in [4.69, 9.17) is 12.2 Å². The van der Waals surface area contributed by atoms with Crippen LogP contribution in [-0.4, -0.2) is 26.9 Å². The van der Waals surface area contributed by atoms with Gasteiger partial charge in [0.25, 0.3) is 0 Å². The molecule has 0 bridgehead atoms. The third-order valence-electron chi connectivity index (χ3n) is 3.40. The van der Waals surface area contributed by atoms with Gasteiger partial charge in [-0.2, -0.15) is 0 Å². The van der Waals surface area contributed by atoms with Crippen LogP contribution in [0.5, 0.6) is 0 Å². The summed E-state index contributed by atoms with van der Waals surface area (Å²) in [6.45, 7) is 7.10. The molecule has 1 aromatic carbocycles. The number of thiocarbonyl (C=S) groups is 1. The summed E-state index contributed by atoms with van der Waals surface area (Å²) in [4.78, 5) is 14.2. The Labute approximate surface area is 130 Å². The summed E-state index contributed by atoms with van der Waals surface area (Å²) in [5.74, 6) is 0.619. The topological polar surface area (TPSA) is 20.3 Å². The van der Waals surface area contributed by atoms with Crippen LogP contribution in [0.25, 0.3) is 0 Å². The van der Waals surface area contributed by atoms with Crippen LogP contribution < -0.4 is 0 Å². The molecule has 1 amide bonds. The highest BCUT2D eigenvalue weighted by atomic mass is 32.2. The predicted octanol–water partition coefficient (Wildman–Crippen LogP) is 3.68. The van der Waals surface area contributed by atoms with Gasteiger partial charge in [0.15, 0.2) is 0 Å². The maximum atomic E-state index is 12.4. The van der Waals surface area contributed by atoms with Gasteiger partial charge in [-0.3, -0.25) is 9.69 Å². The minimum Gasteiger partial charge on any atom is -0.296 e. The van der Waals surface area contributed by atoms with Crippen LogP contribution in [-0.2, 0) is 17.6 Å². The normalized spacial score (nSPS) is 19.2. The predicted molar refractivity (Wildman–Crippen MR) is 90.1 cm³/mol. The Morgan fingerprint density at radius 1 is 1.25 bits per heavy atom. The minimum atomic E-state index is -0.0475. The van der Waals surface area contributed by atoms with Crippen molar-refractivity contribution in [2.24, 2.45) is 5.92 Å². The molecule has 1 saturated heterocycles. The van der Waals surface area contributed by atoms with Crippen LogP contribution in [0, 0.1) is 5.92 Å². The van der Waals surface area contributed by atoms with E-state index < -0.39 is 0 Å². The van der Waals surface area contributed by atoms with Crippen LogP contribution in [0.15, 0.2) is 24.3 Å². The zero-order valence-corrected chi connectivity index (χ0v) is 13.9. The van der Waals surface area contributed by atoms with Gasteiger partial charge in [0.2, 0.25) is 5.91 Å². The summed E-state index contributed by atoms with van der Waals surface area (Å²) >= 11 is 6.87. The third-order valence-corrected chi connectivity index (χ3v) is 4.99. The zero-order valence-electron chi connectivity index (χ0n) is 12.3. The van der Waals surface area contributed by atoms with Crippen LogP contribution in [0.3, 0.4) is 0 Å². The Kier molecular flexibility index (Phi) is 5.22. The fourth-order valence-corrected chi connectivity index (χ4v) is 3.84. The number of carbonyl (C=O) groups is 1. The van der Waals surface area contributed by atoms with Gasteiger partial charge in [-0.1, -0.05) is 69.0 Å². The highest BCUT2D eigenvalue weighted by Gasteiger charge is 2.36. The lowest BCUT2D eigenvalue weighted by Gasteiger charge is -2.17. The molecule has 0 spiro atoms. The number of thioether (sulfide) groups is 1. The largest absolute Gasteiger partial charge is 0.296 e. The first-order valence-corrected chi connectivity index (χ1v) is 8.39. The van der Waals surface area contributed by atoms with Crippen LogP contribution in [0.1, 0.15) is 31.9 Å². The van der Waals surface area contributed by atoms with E-state index in [2.05, 4.69) is 45.0 Å². The number of aryl methyl sites for hydroxylation is 1. The first-order chi connectivity index (χ1) is 9.51. The molecule has 1 aliphatic rings. The van der Waals surface area contributed by atoms with Gasteiger partial charge in [0, 0.05) is 6.54 Å². The summed E-state index contributed by atoms with van der Waals surface area (Å²) in [7, 11) is 0. The van der Waals surface area contributed by atoms with Crippen molar-refractivity contribution in [3.8, 4) is 0 Å². The van der Waals surface area contributed by atoms with E-state index in [1.54, 1.807) is 4.90 Å². The summed E-state index contributed by atoms with van der Waals surface area (Å²) < 4.78 is 0.735. The second-order valence-electron chi connectivity index (χ2n) is 5.59. The van der Waals surface area contributed by atoms with Crippen molar-refractivity contribution in [3.63, 3.8) is 0 Å². The molecule has 108 valence electrons. The molecule has 1 aromatic rings. The first-order valence-electron chi connectivity index (χ1n) is 7.11.